The maximum absolute atomic E-state index is 5.62. The van der Waals surface area contributed by atoms with E-state index in [9.17, 15) is 0 Å². The average molecular weight is 334 g/mol. The van der Waals surface area contributed by atoms with E-state index in [0.717, 1.165) is 23.5 Å². The van der Waals surface area contributed by atoms with Crippen LogP contribution in [0.4, 0.5) is 0 Å². The van der Waals surface area contributed by atoms with Gasteiger partial charge in [-0.3, -0.25) is 0 Å². The molecule has 3 aromatic rings. The van der Waals surface area contributed by atoms with E-state index in [4.69, 9.17) is 9.47 Å². The second-order valence-electron chi connectivity index (χ2n) is 5.74. The summed E-state index contributed by atoms with van der Waals surface area (Å²) >= 11 is 1.85. The molecule has 24 heavy (non-hydrogen) atoms. The fraction of sp³-hybridized carbons (Fsp3) is 0.143. The van der Waals surface area contributed by atoms with Gasteiger partial charge in [0.15, 0.2) is 0 Å². The highest BCUT2D eigenvalue weighted by atomic mass is 32.2. The van der Waals surface area contributed by atoms with Crippen LogP contribution in [0.5, 0.6) is 11.5 Å². The maximum Gasteiger partial charge on any atom is 0.130 e. The molecule has 0 spiro atoms. The van der Waals surface area contributed by atoms with Gasteiger partial charge in [-0.15, -0.1) is 0 Å². The van der Waals surface area contributed by atoms with Gasteiger partial charge in [0.1, 0.15) is 11.5 Å². The van der Waals surface area contributed by atoms with Gasteiger partial charge in [-0.2, -0.15) is 0 Å². The lowest BCUT2D eigenvalue weighted by Crippen LogP contribution is -2.02. The number of hydrogen-bond acceptors (Lipinski definition) is 3. The summed E-state index contributed by atoms with van der Waals surface area (Å²) in [7, 11) is 3.38. The predicted molar refractivity (Wildman–Crippen MR) is 98.4 cm³/mol. The Labute approximate surface area is 146 Å². The highest BCUT2D eigenvalue weighted by molar-refractivity contribution is 7.99. The van der Waals surface area contributed by atoms with Gasteiger partial charge < -0.3 is 9.47 Å². The minimum atomic E-state index is 0.806. The number of rotatable bonds is 3. The van der Waals surface area contributed by atoms with Gasteiger partial charge in [0, 0.05) is 27.8 Å². The van der Waals surface area contributed by atoms with Crippen molar-refractivity contribution in [3.63, 3.8) is 0 Å². The predicted octanol–water partition coefficient (Wildman–Crippen LogP) is 5.43. The molecule has 3 heteroatoms. The van der Waals surface area contributed by atoms with E-state index in [-0.39, 0.29) is 0 Å². The Bertz CT molecular complexity index is 902. The van der Waals surface area contributed by atoms with Crippen LogP contribution in [0.1, 0.15) is 11.1 Å². The summed E-state index contributed by atoms with van der Waals surface area (Å²) in [6, 6.07) is 21.1. The van der Waals surface area contributed by atoms with Gasteiger partial charge in [-0.1, -0.05) is 42.1 Å². The Morgan fingerprint density at radius 2 is 1.62 bits per heavy atom. The smallest absolute Gasteiger partial charge is 0.130 e. The fourth-order valence-corrected chi connectivity index (χ4v) is 4.28. The Hall–Kier alpha value is -2.39. The molecule has 0 fully saturated rings. The molecular formula is C21H18O2S. The Morgan fingerprint density at radius 3 is 2.46 bits per heavy atom. The molecule has 3 aromatic carbocycles. The van der Waals surface area contributed by atoms with E-state index in [0.29, 0.717) is 0 Å². The highest BCUT2D eigenvalue weighted by Gasteiger charge is 2.20. The quantitative estimate of drug-likeness (QED) is 0.498. The molecule has 1 aliphatic heterocycles. The highest BCUT2D eigenvalue weighted by Crippen LogP contribution is 2.45. The molecule has 0 N–H and O–H groups in total. The van der Waals surface area contributed by atoms with Crippen LogP contribution in [-0.4, -0.2) is 14.2 Å². The molecule has 1 aliphatic rings. The number of hydrogen-bond donors (Lipinski definition) is 0. The van der Waals surface area contributed by atoms with Crippen LogP contribution in [0.3, 0.4) is 0 Å². The molecule has 120 valence electrons. The zero-order valence-electron chi connectivity index (χ0n) is 13.7. The monoisotopic (exact) mass is 334 g/mol. The molecule has 0 radical (unpaired) electrons. The molecule has 2 nitrogen and oxygen atoms in total. The Morgan fingerprint density at radius 1 is 0.792 bits per heavy atom. The van der Waals surface area contributed by atoms with Crippen LogP contribution < -0.4 is 9.47 Å². The van der Waals surface area contributed by atoms with E-state index in [2.05, 4.69) is 48.5 Å². The van der Waals surface area contributed by atoms with E-state index in [1.165, 1.54) is 26.5 Å². The molecule has 0 atom stereocenters. The standard InChI is InChI=1S/C21H18O2S/c1-22-15-10-11-17(19(13-15)23-2)16-7-5-9-21-18(16)12-14-6-3-4-8-20(14)24-21/h3-11,13H,12H2,1-2H3. The summed E-state index contributed by atoms with van der Waals surface area (Å²) in [5, 5.41) is 0. The van der Waals surface area contributed by atoms with Crippen molar-refractivity contribution in [2.24, 2.45) is 0 Å². The summed E-state index contributed by atoms with van der Waals surface area (Å²) in [6.45, 7) is 0. The minimum Gasteiger partial charge on any atom is -0.497 e. The van der Waals surface area contributed by atoms with Gasteiger partial charge in [0.2, 0.25) is 0 Å². The zero-order valence-corrected chi connectivity index (χ0v) is 14.5. The zero-order chi connectivity index (χ0) is 16.5. The largest absolute Gasteiger partial charge is 0.497 e. The lowest BCUT2D eigenvalue weighted by Gasteiger charge is -2.22. The first-order valence-electron chi connectivity index (χ1n) is 7.90. The van der Waals surface area contributed by atoms with Gasteiger partial charge in [-0.25, -0.2) is 0 Å². The van der Waals surface area contributed by atoms with Gasteiger partial charge in [0.05, 0.1) is 14.2 Å². The molecule has 0 bridgehead atoms. The number of methoxy groups -OCH3 is 2. The van der Waals surface area contributed by atoms with Gasteiger partial charge >= 0.3 is 0 Å². The van der Waals surface area contributed by atoms with Crippen molar-refractivity contribution >= 4 is 11.8 Å². The van der Waals surface area contributed by atoms with Crippen molar-refractivity contribution < 1.29 is 9.47 Å². The van der Waals surface area contributed by atoms with E-state index < -0.39 is 0 Å². The van der Waals surface area contributed by atoms with Crippen LogP contribution in [0.15, 0.2) is 70.5 Å². The number of fused-ring (bicyclic) bond motifs is 2. The summed E-state index contributed by atoms with van der Waals surface area (Å²) in [4.78, 5) is 2.67. The first kappa shape index (κ1) is 15.2. The number of benzene rings is 3. The molecule has 0 unspecified atom stereocenters. The van der Waals surface area contributed by atoms with Crippen molar-refractivity contribution in [2.75, 3.05) is 14.2 Å². The molecule has 0 aliphatic carbocycles. The van der Waals surface area contributed by atoms with Gasteiger partial charge in [0.25, 0.3) is 0 Å². The minimum absolute atomic E-state index is 0.806. The maximum atomic E-state index is 5.62. The van der Waals surface area contributed by atoms with E-state index in [1.807, 2.05) is 23.9 Å². The van der Waals surface area contributed by atoms with Crippen molar-refractivity contribution in [3.8, 4) is 22.6 Å². The SMILES string of the molecule is COc1ccc(-c2cccc3c2Cc2ccccc2S3)c(OC)c1. The third-order valence-corrected chi connectivity index (χ3v) is 5.61. The van der Waals surface area contributed by atoms with Gasteiger partial charge in [-0.05, 0) is 41.0 Å². The molecule has 0 saturated heterocycles. The third kappa shape index (κ3) is 2.55. The molecule has 1 heterocycles. The van der Waals surface area contributed by atoms with Crippen LogP contribution in [0.25, 0.3) is 11.1 Å². The van der Waals surface area contributed by atoms with Crippen LogP contribution >= 0.6 is 11.8 Å². The summed E-state index contributed by atoms with van der Waals surface area (Å²) in [5.41, 5.74) is 5.09. The summed E-state index contributed by atoms with van der Waals surface area (Å²) in [5.74, 6) is 1.65. The normalized spacial score (nSPS) is 12.2. The molecule has 0 aromatic heterocycles. The number of ether oxygens (including phenoxy) is 2. The molecular weight excluding hydrogens is 316 g/mol. The van der Waals surface area contributed by atoms with Crippen molar-refractivity contribution in [1.82, 2.24) is 0 Å². The van der Waals surface area contributed by atoms with Crippen LogP contribution in [-0.2, 0) is 6.42 Å². The van der Waals surface area contributed by atoms with E-state index in [1.54, 1.807) is 14.2 Å². The van der Waals surface area contributed by atoms with Crippen LogP contribution in [0.2, 0.25) is 0 Å². The first-order chi connectivity index (χ1) is 11.8. The lowest BCUT2D eigenvalue weighted by molar-refractivity contribution is 0.395. The van der Waals surface area contributed by atoms with Crippen LogP contribution in [0, 0.1) is 0 Å². The molecule has 0 amide bonds. The lowest BCUT2D eigenvalue weighted by atomic mass is 9.94. The summed E-state index contributed by atoms with van der Waals surface area (Å²) in [6.07, 6.45) is 0.948. The van der Waals surface area contributed by atoms with E-state index >= 15 is 0 Å². The topological polar surface area (TPSA) is 18.5 Å². The van der Waals surface area contributed by atoms with Crippen molar-refractivity contribution in [3.05, 3.63) is 71.8 Å². The molecule has 0 saturated carbocycles. The first-order valence-corrected chi connectivity index (χ1v) is 8.72. The Balaban J connectivity index is 1.85. The second kappa shape index (κ2) is 6.25. The fourth-order valence-electron chi connectivity index (χ4n) is 3.18. The summed E-state index contributed by atoms with van der Waals surface area (Å²) < 4.78 is 10.9. The second-order valence-corrected chi connectivity index (χ2v) is 6.82. The van der Waals surface area contributed by atoms with Crippen molar-refractivity contribution in [1.29, 1.82) is 0 Å². The van der Waals surface area contributed by atoms with Crippen molar-refractivity contribution in [2.45, 2.75) is 16.2 Å². The Kier molecular flexibility index (Phi) is 3.95. The third-order valence-electron chi connectivity index (χ3n) is 4.39. The molecule has 4 rings (SSSR count). The average Bonchev–Trinajstić information content (AvgIpc) is 2.65.